The lowest BCUT2D eigenvalue weighted by Crippen LogP contribution is -2.37. The molecule has 3 rings (SSSR count). The third-order valence-electron chi connectivity index (χ3n) is 8.91. The van der Waals surface area contributed by atoms with E-state index in [4.69, 9.17) is 9.47 Å². The lowest BCUT2D eigenvalue weighted by molar-refractivity contribution is 0.0508. The van der Waals surface area contributed by atoms with Gasteiger partial charge in [-0.1, -0.05) is 78.7 Å². The van der Waals surface area contributed by atoms with E-state index >= 15 is 0 Å². The van der Waals surface area contributed by atoms with E-state index in [1.807, 2.05) is 13.8 Å². The summed E-state index contributed by atoms with van der Waals surface area (Å²) in [6.07, 6.45) is 15.3. The zero-order valence-electron chi connectivity index (χ0n) is 26.0. The van der Waals surface area contributed by atoms with Crippen LogP contribution < -0.4 is 9.47 Å². The Bertz CT molecular complexity index is 1080. The topological polar surface area (TPSA) is 48.4 Å². The van der Waals surface area contributed by atoms with Gasteiger partial charge in [0.15, 0.2) is 0 Å². The number of hydrogen-bond acceptors (Lipinski definition) is 4. The number of nitrogens with zero attached hydrogens (tertiary/aromatic N) is 1. The van der Waals surface area contributed by atoms with Gasteiger partial charge >= 0.3 is 5.97 Å². The van der Waals surface area contributed by atoms with Gasteiger partial charge in [0.25, 0.3) is 0 Å². The summed E-state index contributed by atoms with van der Waals surface area (Å²) in [4.78, 5) is 16.9. The molecule has 1 aliphatic rings. The van der Waals surface area contributed by atoms with Crippen LogP contribution in [0.1, 0.15) is 132 Å². The predicted octanol–water partition coefficient (Wildman–Crippen LogP) is 9.75. The molecule has 0 unspecified atom stereocenters. The first-order valence-corrected chi connectivity index (χ1v) is 15.5. The highest BCUT2D eigenvalue weighted by Crippen LogP contribution is 2.45. The molecule has 1 aromatic carbocycles. The van der Waals surface area contributed by atoms with Crippen molar-refractivity contribution in [1.29, 1.82) is 0 Å². The molecule has 1 aliphatic heterocycles. The summed E-state index contributed by atoms with van der Waals surface area (Å²) in [5.41, 5.74) is 4.39. The van der Waals surface area contributed by atoms with Gasteiger partial charge in [-0.25, -0.2) is 9.78 Å². The highest BCUT2D eigenvalue weighted by atomic mass is 16.5. The van der Waals surface area contributed by atoms with Crippen molar-refractivity contribution in [2.75, 3.05) is 0 Å². The molecule has 1 aromatic heterocycles. The molecule has 0 radical (unpaired) electrons. The maximum absolute atomic E-state index is 12.7. The smallest absolute Gasteiger partial charge is 0.362 e. The molecule has 216 valence electrons. The van der Waals surface area contributed by atoms with Gasteiger partial charge in [0.1, 0.15) is 22.8 Å². The average molecular weight is 536 g/mol. The van der Waals surface area contributed by atoms with Gasteiger partial charge in [-0.3, -0.25) is 0 Å². The van der Waals surface area contributed by atoms with Crippen LogP contribution in [-0.4, -0.2) is 16.6 Å². The molecular formula is C35H53NO3. The zero-order valence-corrected chi connectivity index (χ0v) is 26.0. The Hall–Kier alpha value is -2.36. The van der Waals surface area contributed by atoms with Gasteiger partial charge in [-0.2, -0.15) is 0 Å². The van der Waals surface area contributed by atoms with Crippen LogP contribution >= 0.6 is 0 Å². The third kappa shape index (κ3) is 8.82. The van der Waals surface area contributed by atoms with Crippen LogP contribution in [0.4, 0.5) is 0 Å². The van der Waals surface area contributed by atoms with Gasteiger partial charge in [0.05, 0.1) is 0 Å². The molecule has 0 fully saturated rings. The van der Waals surface area contributed by atoms with E-state index in [9.17, 15) is 4.79 Å². The molecule has 0 saturated heterocycles. The third-order valence-corrected chi connectivity index (χ3v) is 8.91. The number of carbonyl (C=O) groups is 1. The van der Waals surface area contributed by atoms with E-state index in [-0.39, 0.29) is 5.60 Å². The Labute approximate surface area is 238 Å². The van der Waals surface area contributed by atoms with Crippen LogP contribution in [0.25, 0.3) is 0 Å². The van der Waals surface area contributed by atoms with Crippen molar-refractivity contribution >= 4 is 5.97 Å². The fourth-order valence-electron chi connectivity index (χ4n) is 6.04. The number of rotatable bonds is 14. The van der Waals surface area contributed by atoms with Crippen molar-refractivity contribution in [3.05, 3.63) is 52.3 Å². The van der Waals surface area contributed by atoms with Crippen molar-refractivity contribution in [2.24, 2.45) is 17.8 Å². The molecule has 4 heteroatoms. The summed E-state index contributed by atoms with van der Waals surface area (Å²) < 4.78 is 12.6. The first-order valence-electron chi connectivity index (χ1n) is 15.5. The Morgan fingerprint density at radius 1 is 0.923 bits per heavy atom. The molecular weight excluding hydrogens is 482 g/mol. The predicted molar refractivity (Wildman–Crippen MR) is 162 cm³/mol. The molecule has 0 amide bonds. The van der Waals surface area contributed by atoms with Gasteiger partial charge in [0, 0.05) is 11.8 Å². The monoisotopic (exact) mass is 535 g/mol. The Balaban J connectivity index is 1.51. The largest absolute Gasteiger partial charge is 0.487 e. The first kappa shape index (κ1) is 31.2. The summed E-state index contributed by atoms with van der Waals surface area (Å²) in [6.45, 7) is 17.9. The summed E-state index contributed by atoms with van der Waals surface area (Å²) in [5.74, 6) is 3.69. The van der Waals surface area contributed by atoms with E-state index in [0.29, 0.717) is 11.4 Å². The molecule has 2 heterocycles. The lowest BCUT2D eigenvalue weighted by atomic mass is 9.83. The maximum Gasteiger partial charge on any atom is 0.362 e. The maximum atomic E-state index is 12.7. The minimum atomic E-state index is -0.419. The van der Waals surface area contributed by atoms with Crippen LogP contribution in [0, 0.1) is 38.5 Å². The fourth-order valence-corrected chi connectivity index (χ4v) is 6.04. The molecule has 0 bridgehead atoms. The van der Waals surface area contributed by atoms with Crippen LogP contribution in [0.5, 0.6) is 11.5 Å². The fraction of sp³-hybridized carbons (Fsp3) is 0.657. The standard InChI is InChI=1S/C35H53NO3/c1-24(2)14-11-15-25(3)16-12-17-26(4)18-13-21-35(8)22-20-30-29(7)32(27(5)28(6)33(30)39-35)38-34(37)31-19-9-10-23-36-31/h9-10,19,23-26H,11-18,20-22H2,1-8H3/t25-,26-,35-/m1/s1. The van der Waals surface area contributed by atoms with Crippen molar-refractivity contribution in [3.8, 4) is 11.5 Å². The summed E-state index contributed by atoms with van der Waals surface area (Å²) >= 11 is 0. The number of fused-ring (bicyclic) bond motifs is 1. The molecule has 2 aromatic rings. The van der Waals surface area contributed by atoms with Crippen LogP contribution in [0.3, 0.4) is 0 Å². The second kappa shape index (κ2) is 14.3. The zero-order chi connectivity index (χ0) is 28.6. The van der Waals surface area contributed by atoms with Gasteiger partial charge in [0.2, 0.25) is 0 Å². The van der Waals surface area contributed by atoms with Crippen LogP contribution in [-0.2, 0) is 6.42 Å². The Morgan fingerprint density at radius 3 is 2.18 bits per heavy atom. The average Bonchev–Trinajstić information content (AvgIpc) is 2.90. The molecule has 0 N–H and O–H groups in total. The number of esters is 1. The quantitative estimate of drug-likeness (QED) is 0.178. The molecule has 0 saturated carbocycles. The summed E-state index contributed by atoms with van der Waals surface area (Å²) in [7, 11) is 0. The van der Waals surface area contributed by atoms with Gasteiger partial charge in [-0.15, -0.1) is 0 Å². The Kier molecular flexibility index (Phi) is 11.4. The minimum Gasteiger partial charge on any atom is -0.487 e. The SMILES string of the molecule is Cc1c(C)c2c(c(C)c1OC(=O)c1ccccn1)CC[C@@](C)(CCC[C@H](C)CCC[C@H](C)CCCC(C)C)O2. The number of aromatic nitrogens is 1. The number of benzene rings is 1. The normalized spacial score (nSPS) is 18.4. The van der Waals surface area contributed by atoms with E-state index in [0.717, 1.165) is 59.5 Å². The number of ether oxygens (including phenoxy) is 2. The van der Waals surface area contributed by atoms with E-state index in [2.05, 4.69) is 46.5 Å². The number of pyridine rings is 1. The molecule has 3 atom stereocenters. The van der Waals surface area contributed by atoms with Crippen LogP contribution in [0.2, 0.25) is 0 Å². The minimum absolute atomic E-state index is 0.145. The molecule has 0 spiro atoms. The lowest BCUT2D eigenvalue weighted by Gasteiger charge is -2.38. The van der Waals surface area contributed by atoms with Gasteiger partial charge < -0.3 is 9.47 Å². The van der Waals surface area contributed by atoms with Gasteiger partial charge in [-0.05, 0) is 100.0 Å². The van der Waals surface area contributed by atoms with Crippen molar-refractivity contribution < 1.29 is 14.3 Å². The highest BCUT2D eigenvalue weighted by Gasteiger charge is 2.35. The molecule has 0 aliphatic carbocycles. The van der Waals surface area contributed by atoms with E-state index in [1.165, 1.54) is 56.9 Å². The van der Waals surface area contributed by atoms with Crippen molar-refractivity contribution in [1.82, 2.24) is 4.98 Å². The van der Waals surface area contributed by atoms with E-state index < -0.39 is 5.97 Å². The summed E-state index contributed by atoms with van der Waals surface area (Å²) in [5, 5.41) is 0. The molecule has 39 heavy (non-hydrogen) atoms. The first-order chi connectivity index (χ1) is 18.5. The second-order valence-corrected chi connectivity index (χ2v) is 13.0. The highest BCUT2D eigenvalue weighted by molar-refractivity contribution is 5.89. The Morgan fingerprint density at radius 2 is 1.56 bits per heavy atom. The molecule has 4 nitrogen and oxygen atoms in total. The van der Waals surface area contributed by atoms with Crippen LogP contribution in [0.15, 0.2) is 24.4 Å². The number of hydrogen-bond donors (Lipinski definition) is 0. The van der Waals surface area contributed by atoms with Crippen molar-refractivity contribution in [3.63, 3.8) is 0 Å². The van der Waals surface area contributed by atoms with E-state index in [1.54, 1.807) is 24.4 Å². The second-order valence-electron chi connectivity index (χ2n) is 13.0. The van der Waals surface area contributed by atoms with Crippen molar-refractivity contribution in [2.45, 2.75) is 132 Å². The summed E-state index contributed by atoms with van der Waals surface area (Å²) in [6, 6.07) is 5.28. The number of carbonyl (C=O) groups excluding carboxylic acids is 1.